The molecule has 0 spiro atoms. The minimum Gasteiger partial charge on any atom is -0.274 e. The number of anilines is 1. The summed E-state index contributed by atoms with van der Waals surface area (Å²) >= 11 is 0. The second-order valence-corrected chi connectivity index (χ2v) is 7.04. The summed E-state index contributed by atoms with van der Waals surface area (Å²) in [6.45, 7) is 0. The molecule has 1 saturated heterocycles. The number of amides is 2. The summed E-state index contributed by atoms with van der Waals surface area (Å²) in [5.74, 6) is -0.825. The molecule has 2 aromatic heterocycles. The molecular formula is C19H17N5O3. The summed E-state index contributed by atoms with van der Waals surface area (Å²) < 4.78 is 1.16. The van der Waals surface area contributed by atoms with Crippen molar-refractivity contribution in [3.8, 4) is 11.3 Å². The third kappa shape index (κ3) is 2.40. The van der Waals surface area contributed by atoms with Crippen LogP contribution in [0.4, 0.5) is 5.95 Å². The van der Waals surface area contributed by atoms with E-state index in [0.29, 0.717) is 5.69 Å². The first kappa shape index (κ1) is 15.9. The van der Waals surface area contributed by atoms with Crippen molar-refractivity contribution in [1.29, 1.82) is 0 Å². The van der Waals surface area contributed by atoms with E-state index >= 15 is 0 Å². The van der Waals surface area contributed by atoms with Crippen LogP contribution in [0.5, 0.6) is 0 Å². The molecule has 8 heteroatoms. The SMILES string of the molecule is O=C1[C@H]2CCCC[C@H]2C(=O)N1c1nc2nc(-c3ccccc3)cc(=O)n2[nH]1. The highest BCUT2D eigenvalue weighted by atomic mass is 16.2. The molecule has 27 heavy (non-hydrogen) atoms. The summed E-state index contributed by atoms with van der Waals surface area (Å²) in [7, 11) is 0. The minimum absolute atomic E-state index is 0.0641. The van der Waals surface area contributed by atoms with Gasteiger partial charge in [-0.05, 0) is 12.8 Å². The second kappa shape index (κ2) is 5.87. The van der Waals surface area contributed by atoms with Gasteiger partial charge in [0.05, 0.1) is 17.5 Å². The van der Waals surface area contributed by atoms with Crippen LogP contribution in [0, 0.1) is 11.8 Å². The number of carbonyl (C=O) groups excluding carboxylic acids is 2. The predicted octanol–water partition coefficient (Wildman–Crippen LogP) is 1.76. The molecule has 8 nitrogen and oxygen atoms in total. The Balaban J connectivity index is 1.59. The van der Waals surface area contributed by atoms with Crippen molar-refractivity contribution in [2.45, 2.75) is 25.7 Å². The largest absolute Gasteiger partial charge is 0.274 e. The normalized spacial score (nSPS) is 22.4. The first-order valence-electron chi connectivity index (χ1n) is 9.06. The summed E-state index contributed by atoms with van der Waals surface area (Å²) in [6, 6.07) is 10.7. The first-order valence-corrected chi connectivity index (χ1v) is 9.06. The number of aromatic amines is 1. The number of H-pyrrole nitrogens is 1. The zero-order chi connectivity index (χ0) is 18.5. The van der Waals surface area contributed by atoms with Gasteiger partial charge < -0.3 is 0 Å². The van der Waals surface area contributed by atoms with Gasteiger partial charge in [-0.25, -0.2) is 9.88 Å². The Labute approximate surface area is 153 Å². The Hall–Kier alpha value is -3.29. The van der Waals surface area contributed by atoms with Crippen molar-refractivity contribution in [3.05, 3.63) is 46.8 Å². The van der Waals surface area contributed by atoms with E-state index in [1.54, 1.807) is 0 Å². The van der Waals surface area contributed by atoms with Crippen molar-refractivity contribution in [1.82, 2.24) is 19.6 Å². The van der Waals surface area contributed by atoms with Crippen molar-refractivity contribution < 1.29 is 9.59 Å². The number of imide groups is 1. The van der Waals surface area contributed by atoms with Gasteiger partial charge in [-0.15, -0.1) is 0 Å². The number of hydrogen-bond donors (Lipinski definition) is 1. The maximum absolute atomic E-state index is 12.7. The number of aromatic nitrogens is 4. The monoisotopic (exact) mass is 363 g/mol. The molecule has 1 aromatic carbocycles. The summed E-state index contributed by atoms with van der Waals surface area (Å²) in [5, 5.41) is 2.77. The van der Waals surface area contributed by atoms with Crippen LogP contribution >= 0.6 is 0 Å². The molecule has 1 aliphatic carbocycles. The first-order chi connectivity index (χ1) is 13.1. The standard InChI is InChI=1S/C19H17N5O3/c25-15-10-14(11-6-2-1-3-7-11)20-18-21-19(22-24(15)18)23-16(26)12-8-4-5-9-13(12)17(23)27/h1-3,6-7,10,12-13H,4-5,8-9H2,(H,20,21,22)/t12-,13+. The highest BCUT2D eigenvalue weighted by Gasteiger charge is 2.49. The molecule has 0 bridgehead atoms. The Bertz CT molecular complexity index is 1090. The number of fused-ring (bicyclic) bond motifs is 2. The molecule has 2 amide bonds. The number of benzene rings is 1. The highest BCUT2D eigenvalue weighted by Crippen LogP contribution is 2.39. The van der Waals surface area contributed by atoms with Crippen LogP contribution in [0.1, 0.15) is 25.7 Å². The fraction of sp³-hybridized carbons (Fsp3) is 0.316. The Morgan fingerprint density at radius 3 is 2.26 bits per heavy atom. The molecule has 2 atom stereocenters. The van der Waals surface area contributed by atoms with E-state index in [9.17, 15) is 14.4 Å². The van der Waals surface area contributed by atoms with Gasteiger partial charge >= 0.3 is 0 Å². The lowest BCUT2D eigenvalue weighted by atomic mass is 9.81. The molecule has 1 aliphatic heterocycles. The van der Waals surface area contributed by atoms with Crippen molar-refractivity contribution in [2.75, 3.05) is 4.90 Å². The van der Waals surface area contributed by atoms with Crippen LogP contribution in [0.2, 0.25) is 0 Å². The zero-order valence-corrected chi connectivity index (χ0v) is 14.5. The van der Waals surface area contributed by atoms with E-state index in [2.05, 4.69) is 15.1 Å². The van der Waals surface area contributed by atoms with Gasteiger partial charge in [0, 0.05) is 11.6 Å². The van der Waals surface area contributed by atoms with E-state index in [0.717, 1.165) is 40.7 Å². The van der Waals surface area contributed by atoms with Gasteiger partial charge in [0.15, 0.2) is 0 Å². The molecule has 5 rings (SSSR count). The van der Waals surface area contributed by atoms with Crippen molar-refractivity contribution >= 4 is 23.5 Å². The van der Waals surface area contributed by atoms with Crippen LogP contribution < -0.4 is 10.5 Å². The quantitative estimate of drug-likeness (QED) is 0.699. The maximum atomic E-state index is 12.7. The molecule has 1 saturated carbocycles. The third-order valence-electron chi connectivity index (χ3n) is 5.44. The van der Waals surface area contributed by atoms with Gasteiger partial charge in [0.25, 0.3) is 11.3 Å². The fourth-order valence-corrected chi connectivity index (χ4v) is 4.10. The molecular weight excluding hydrogens is 346 g/mol. The van der Waals surface area contributed by atoms with E-state index < -0.39 is 0 Å². The fourth-order valence-electron chi connectivity index (χ4n) is 4.10. The average Bonchev–Trinajstić information content (AvgIpc) is 3.22. The average molecular weight is 363 g/mol. The number of carbonyl (C=O) groups is 2. The lowest BCUT2D eigenvalue weighted by molar-refractivity contribution is -0.122. The van der Waals surface area contributed by atoms with Gasteiger partial charge in [-0.1, -0.05) is 43.2 Å². The third-order valence-corrected chi connectivity index (χ3v) is 5.44. The number of hydrogen-bond acceptors (Lipinski definition) is 5. The van der Waals surface area contributed by atoms with Crippen LogP contribution in [0.3, 0.4) is 0 Å². The lowest BCUT2D eigenvalue weighted by Gasteiger charge is -2.19. The van der Waals surface area contributed by atoms with Crippen LogP contribution in [-0.2, 0) is 9.59 Å². The molecule has 3 heterocycles. The lowest BCUT2D eigenvalue weighted by Crippen LogP contribution is -2.32. The predicted molar refractivity (Wildman–Crippen MR) is 97.0 cm³/mol. The van der Waals surface area contributed by atoms with Gasteiger partial charge in [-0.2, -0.15) is 9.50 Å². The van der Waals surface area contributed by atoms with E-state index in [-0.39, 0.29) is 40.9 Å². The summed E-state index contributed by atoms with van der Waals surface area (Å²) in [5.41, 5.74) is 0.932. The van der Waals surface area contributed by atoms with E-state index in [1.165, 1.54) is 6.07 Å². The Morgan fingerprint density at radius 2 is 1.59 bits per heavy atom. The van der Waals surface area contributed by atoms with Crippen LogP contribution in [0.25, 0.3) is 17.0 Å². The van der Waals surface area contributed by atoms with Gasteiger partial charge in [0.1, 0.15) is 0 Å². The number of nitrogens with zero attached hydrogens (tertiary/aromatic N) is 4. The molecule has 3 aromatic rings. The van der Waals surface area contributed by atoms with Gasteiger partial charge in [0.2, 0.25) is 17.8 Å². The second-order valence-electron chi connectivity index (χ2n) is 7.04. The zero-order valence-electron chi connectivity index (χ0n) is 14.5. The van der Waals surface area contributed by atoms with Crippen LogP contribution in [-0.4, -0.2) is 31.4 Å². The minimum atomic E-state index is -0.353. The maximum Gasteiger partial charge on any atom is 0.274 e. The molecule has 2 aliphatic rings. The summed E-state index contributed by atoms with van der Waals surface area (Å²) in [6.07, 6.45) is 3.36. The molecule has 1 N–H and O–H groups in total. The van der Waals surface area contributed by atoms with E-state index in [1.807, 2.05) is 30.3 Å². The number of nitrogens with one attached hydrogen (secondary N) is 1. The highest BCUT2D eigenvalue weighted by molar-refractivity contribution is 6.21. The van der Waals surface area contributed by atoms with Crippen molar-refractivity contribution in [2.24, 2.45) is 11.8 Å². The Morgan fingerprint density at radius 1 is 0.926 bits per heavy atom. The van der Waals surface area contributed by atoms with Crippen LogP contribution in [0.15, 0.2) is 41.2 Å². The smallest absolute Gasteiger partial charge is 0.274 e. The topological polar surface area (TPSA) is 100 Å². The van der Waals surface area contributed by atoms with E-state index in [4.69, 9.17) is 0 Å². The molecule has 136 valence electrons. The molecule has 2 fully saturated rings. The number of rotatable bonds is 2. The van der Waals surface area contributed by atoms with Crippen molar-refractivity contribution in [3.63, 3.8) is 0 Å². The van der Waals surface area contributed by atoms with Gasteiger partial charge in [-0.3, -0.25) is 19.5 Å². The molecule has 0 radical (unpaired) electrons. The molecule has 0 unspecified atom stereocenters. The Kier molecular flexibility index (Phi) is 3.46. The summed E-state index contributed by atoms with van der Waals surface area (Å²) in [4.78, 5) is 47.7.